The topological polar surface area (TPSA) is 57.2 Å². The highest BCUT2D eigenvalue weighted by atomic mass is 79.9. The minimum atomic E-state index is -0.124. The van der Waals surface area contributed by atoms with Crippen LogP contribution in [0.25, 0.3) is 0 Å². The van der Waals surface area contributed by atoms with Gasteiger partial charge in [-0.3, -0.25) is 14.6 Å². The Labute approximate surface area is 184 Å². The Kier molecular flexibility index (Phi) is 8.06. The zero-order chi connectivity index (χ0) is 20.6. The first-order valence-corrected chi connectivity index (χ1v) is 10.5. The van der Waals surface area contributed by atoms with Gasteiger partial charge in [0.2, 0.25) is 0 Å². The van der Waals surface area contributed by atoms with Crippen molar-refractivity contribution in [3.63, 3.8) is 0 Å². The van der Waals surface area contributed by atoms with Gasteiger partial charge in [0, 0.05) is 47.8 Å². The number of amides is 1. The van der Waals surface area contributed by atoms with E-state index < -0.39 is 0 Å². The Morgan fingerprint density at radius 1 is 1.17 bits per heavy atom. The van der Waals surface area contributed by atoms with E-state index in [1.165, 1.54) is 5.56 Å². The predicted octanol–water partition coefficient (Wildman–Crippen LogP) is 3.38. The number of ether oxygens (including phenoxy) is 1. The summed E-state index contributed by atoms with van der Waals surface area (Å²) in [6, 6.07) is 13.6. The number of nitrogens with zero attached hydrogens (tertiary/aromatic N) is 3. The van der Waals surface area contributed by atoms with Gasteiger partial charge >= 0.3 is 0 Å². The standard InChI is InChI=1S/C21H24BrClN4O2/c1-29-20-7-4-18(22)12-17(20)13-24-25-21(28)15-27-10-8-26(9-11-27)14-16-2-5-19(23)6-3-16/h2-7,12-13H,8-11,14-15H2,1H3,(H,25,28). The normalized spacial score (nSPS) is 15.6. The van der Waals surface area contributed by atoms with E-state index in [2.05, 4.69) is 48.4 Å². The molecule has 3 rings (SSSR count). The van der Waals surface area contributed by atoms with Crippen LogP contribution in [0.3, 0.4) is 0 Å². The molecule has 154 valence electrons. The Hall–Kier alpha value is -1.93. The Morgan fingerprint density at radius 2 is 1.86 bits per heavy atom. The van der Waals surface area contributed by atoms with Crippen molar-refractivity contribution in [3.05, 3.63) is 63.1 Å². The average molecular weight is 480 g/mol. The van der Waals surface area contributed by atoms with Gasteiger partial charge in [0.1, 0.15) is 5.75 Å². The van der Waals surface area contributed by atoms with Gasteiger partial charge in [0.25, 0.3) is 5.91 Å². The lowest BCUT2D eigenvalue weighted by atomic mass is 10.2. The van der Waals surface area contributed by atoms with E-state index in [1.807, 2.05) is 30.3 Å². The molecule has 0 aromatic heterocycles. The fourth-order valence-corrected chi connectivity index (χ4v) is 3.68. The number of halogens is 2. The van der Waals surface area contributed by atoms with Crippen molar-refractivity contribution in [1.82, 2.24) is 15.2 Å². The fraction of sp³-hybridized carbons (Fsp3) is 0.333. The number of hydrazone groups is 1. The van der Waals surface area contributed by atoms with Gasteiger partial charge < -0.3 is 4.74 Å². The molecule has 6 nitrogen and oxygen atoms in total. The lowest BCUT2D eigenvalue weighted by Gasteiger charge is -2.34. The minimum absolute atomic E-state index is 0.124. The number of methoxy groups -OCH3 is 1. The molecule has 2 aromatic carbocycles. The molecule has 0 unspecified atom stereocenters. The molecule has 1 saturated heterocycles. The van der Waals surface area contributed by atoms with Crippen LogP contribution in [-0.2, 0) is 11.3 Å². The van der Waals surface area contributed by atoms with Gasteiger partial charge in [-0.2, -0.15) is 5.10 Å². The van der Waals surface area contributed by atoms with Gasteiger partial charge in [-0.25, -0.2) is 5.43 Å². The van der Waals surface area contributed by atoms with Crippen molar-refractivity contribution >= 4 is 39.7 Å². The molecule has 0 saturated carbocycles. The monoisotopic (exact) mass is 478 g/mol. The molecule has 29 heavy (non-hydrogen) atoms. The first-order valence-electron chi connectivity index (χ1n) is 9.38. The summed E-state index contributed by atoms with van der Waals surface area (Å²) in [6.07, 6.45) is 1.59. The Morgan fingerprint density at radius 3 is 2.55 bits per heavy atom. The Bertz CT molecular complexity index is 852. The quantitative estimate of drug-likeness (QED) is 0.489. The van der Waals surface area contributed by atoms with Crippen LogP contribution in [0, 0.1) is 0 Å². The molecule has 1 aliphatic heterocycles. The summed E-state index contributed by atoms with van der Waals surface area (Å²) >= 11 is 9.36. The van der Waals surface area contributed by atoms with E-state index in [9.17, 15) is 4.79 Å². The molecule has 0 bridgehead atoms. The van der Waals surface area contributed by atoms with Crippen molar-refractivity contribution in [1.29, 1.82) is 0 Å². The van der Waals surface area contributed by atoms with Gasteiger partial charge in [0.05, 0.1) is 19.9 Å². The van der Waals surface area contributed by atoms with Crippen molar-refractivity contribution < 1.29 is 9.53 Å². The first kappa shape index (κ1) is 21.8. The van der Waals surface area contributed by atoms with E-state index in [0.29, 0.717) is 12.3 Å². The van der Waals surface area contributed by atoms with Crippen molar-refractivity contribution in [2.24, 2.45) is 5.10 Å². The van der Waals surface area contributed by atoms with Gasteiger partial charge in [-0.15, -0.1) is 0 Å². The van der Waals surface area contributed by atoms with Crippen molar-refractivity contribution in [2.75, 3.05) is 39.8 Å². The second kappa shape index (κ2) is 10.7. The highest BCUT2D eigenvalue weighted by molar-refractivity contribution is 9.10. The van der Waals surface area contributed by atoms with Crippen LogP contribution in [0.2, 0.25) is 5.02 Å². The number of carbonyl (C=O) groups excluding carboxylic acids is 1. The molecule has 0 atom stereocenters. The number of hydrogen-bond donors (Lipinski definition) is 1. The average Bonchev–Trinajstić information content (AvgIpc) is 2.71. The lowest BCUT2D eigenvalue weighted by molar-refractivity contribution is -0.122. The largest absolute Gasteiger partial charge is 0.496 e. The number of benzene rings is 2. The van der Waals surface area contributed by atoms with E-state index in [1.54, 1.807) is 13.3 Å². The Balaban J connectivity index is 1.41. The van der Waals surface area contributed by atoms with Crippen LogP contribution in [-0.4, -0.2) is 61.8 Å². The fourth-order valence-electron chi connectivity index (χ4n) is 3.17. The predicted molar refractivity (Wildman–Crippen MR) is 120 cm³/mol. The molecule has 1 aliphatic rings. The summed E-state index contributed by atoms with van der Waals surface area (Å²) in [6.45, 7) is 4.79. The highest BCUT2D eigenvalue weighted by Crippen LogP contribution is 2.21. The number of piperazine rings is 1. The van der Waals surface area contributed by atoms with Crippen LogP contribution in [0.4, 0.5) is 0 Å². The lowest BCUT2D eigenvalue weighted by Crippen LogP contribution is -2.48. The highest BCUT2D eigenvalue weighted by Gasteiger charge is 2.18. The summed E-state index contributed by atoms with van der Waals surface area (Å²) in [5.41, 5.74) is 4.64. The van der Waals surface area contributed by atoms with Gasteiger partial charge in [-0.1, -0.05) is 39.7 Å². The molecule has 8 heteroatoms. The summed E-state index contributed by atoms with van der Waals surface area (Å²) in [7, 11) is 1.60. The van der Waals surface area contributed by atoms with E-state index in [0.717, 1.165) is 47.8 Å². The van der Waals surface area contributed by atoms with Crippen LogP contribution in [0.1, 0.15) is 11.1 Å². The number of carbonyl (C=O) groups is 1. The third-order valence-corrected chi connectivity index (χ3v) is 5.48. The van der Waals surface area contributed by atoms with Crippen LogP contribution in [0.5, 0.6) is 5.75 Å². The second-order valence-electron chi connectivity index (χ2n) is 6.86. The zero-order valence-corrected chi connectivity index (χ0v) is 18.6. The SMILES string of the molecule is COc1ccc(Br)cc1C=NNC(=O)CN1CCN(Cc2ccc(Cl)cc2)CC1. The van der Waals surface area contributed by atoms with Crippen molar-refractivity contribution in [3.8, 4) is 5.75 Å². The summed E-state index contributed by atoms with van der Waals surface area (Å²) in [5, 5.41) is 4.82. The number of rotatable bonds is 7. The molecule has 1 amide bonds. The molecule has 1 heterocycles. The third-order valence-electron chi connectivity index (χ3n) is 4.74. The maximum atomic E-state index is 12.2. The zero-order valence-electron chi connectivity index (χ0n) is 16.3. The summed E-state index contributed by atoms with van der Waals surface area (Å²) < 4.78 is 6.21. The number of nitrogens with one attached hydrogen (secondary N) is 1. The molecule has 0 spiro atoms. The first-order chi connectivity index (χ1) is 14.0. The third kappa shape index (κ3) is 6.82. The van der Waals surface area contributed by atoms with Crippen molar-refractivity contribution in [2.45, 2.75) is 6.54 Å². The molecule has 2 aromatic rings. The van der Waals surface area contributed by atoms with Crippen LogP contribution < -0.4 is 10.2 Å². The van der Waals surface area contributed by atoms with Gasteiger partial charge in [-0.05, 0) is 35.9 Å². The van der Waals surface area contributed by atoms with Gasteiger partial charge in [0.15, 0.2) is 0 Å². The van der Waals surface area contributed by atoms with Crippen LogP contribution >= 0.6 is 27.5 Å². The van der Waals surface area contributed by atoms with E-state index in [4.69, 9.17) is 16.3 Å². The molecular weight excluding hydrogens is 456 g/mol. The summed E-state index contributed by atoms with van der Waals surface area (Å²) in [4.78, 5) is 16.7. The van der Waals surface area contributed by atoms with Crippen LogP contribution in [0.15, 0.2) is 52.0 Å². The second-order valence-corrected chi connectivity index (χ2v) is 8.21. The molecule has 0 aliphatic carbocycles. The maximum Gasteiger partial charge on any atom is 0.254 e. The molecule has 1 N–H and O–H groups in total. The molecule has 0 radical (unpaired) electrons. The smallest absolute Gasteiger partial charge is 0.254 e. The van der Waals surface area contributed by atoms with E-state index in [-0.39, 0.29) is 5.91 Å². The molecular formula is C21H24BrClN4O2. The van der Waals surface area contributed by atoms with E-state index >= 15 is 0 Å². The molecule has 1 fully saturated rings. The number of hydrogen-bond acceptors (Lipinski definition) is 5. The maximum absolute atomic E-state index is 12.2. The summed E-state index contributed by atoms with van der Waals surface area (Å²) in [5.74, 6) is 0.573. The minimum Gasteiger partial charge on any atom is -0.496 e.